The normalized spacial score (nSPS) is 24.8. The number of nitrogens with two attached hydrogens (primary N) is 1. The molecule has 1 amide bonds. The fraction of sp³-hybridized carbons (Fsp3) is 0.450. The smallest absolute Gasteiger partial charge is 0.221 e. The summed E-state index contributed by atoms with van der Waals surface area (Å²) in [4.78, 5) is 25.3. The van der Waals surface area contributed by atoms with Crippen LogP contribution >= 0.6 is 0 Å². The van der Waals surface area contributed by atoms with Crippen LogP contribution in [-0.4, -0.2) is 40.4 Å². The third-order valence-electron chi connectivity index (χ3n) is 5.75. The van der Waals surface area contributed by atoms with E-state index in [0.717, 1.165) is 37.4 Å². The van der Waals surface area contributed by atoms with Crippen LogP contribution in [0, 0.1) is 11.8 Å². The highest BCUT2D eigenvalue weighted by molar-refractivity contribution is 5.74. The molecule has 4 rings (SSSR count). The predicted octanol–water partition coefficient (Wildman–Crippen LogP) is 2.28. The number of anilines is 2. The van der Waals surface area contributed by atoms with Crippen LogP contribution < -0.4 is 10.6 Å². The molecule has 2 aliphatic heterocycles. The van der Waals surface area contributed by atoms with E-state index in [1.165, 1.54) is 5.56 Å². The highest BCUT2D eigenvalue weighted by Gasteiger charge is 2.48. The summed E-state index contributed by atoms with van der Waals surface area (Å²) in [5.41, 5.74) is 8.19. The number of carbonyl (C=O) groups excluding carboxylic acids is 1. The van der Waals surface area contributed by atoms with Gasteiger partial charge in [0.15, 0.2) is 0 Å². The van der Waals surface area contributed by atoms with Crippen LogP contribution in [-0.2, 0) is 11.2 Å². The Kier molecular flexibility index (Phi) is 4.26. The third-order valence-corrected chi connectivity index (χ3v) is 5.75. The summed E-state index contributed by atoms with van der Waals surface area (Å²) in [5, 5.41) is 0. The first-order valence-corrected chi connectivity index (χ1v) is 9.27. The number of nitrogens with zero attached hydrogens (tertiary/aromatic N) is 4. The van der Waals surface area contributed by atoms with E-state index >= 15 is 0 Å². The number of hydrogen-bond donors (Lipinski definition) is 1. The minimum atomic E-state index is 0.132. The molecular weight excluding hydrogens is 326 g/mol. The summed E-state index contributed by atoms with van der Waals surface area (Å²) in [6.45, 7) is 6.38. The summed E-state index contributed by atoms with van der Waals surface area (Å²) in [6.07, 6.45) is 2.71. The molecule has 26 heavy (non-hydrogen) atoms. The first-order valence-electron chi connectivity index (χ1n) is 9.27. The van der Waals surface area contributed by atoms with Crippen molar-refractivity contribution in [3.8, 4) is 0 Å². The molecule has 3 heterocycles. The molecule has 136 valence electrons. The van der Waals surface area contributed by atoms with Gasteiger partial charge in [-0.05, 0) is 12.0 Å². The fourth-order valence-electron chi connectivity index (χ4n) is 4.55. The largest absolute Gasteiger partial charge is 0.368 e. The zero-order valence-electron chi connectivity index (χ0n) is 15.3. The van der Waals surface area contributed by atoms with Crippen LogP contribution in [0.4, 0.5) is 11.8 Å². The zero-order valence-corrected chi connectivity index (χ0v) is 15.3. The van der Waals surface area contributed by atoms with Crippen molar-refractivity contribution in [1.29, 1.82) is 0 Å². The second-order valence-corrected chi connectivity index (χ2v) is 7.29. The molecule has 3 atom stereocenters. The third kappa shape index (κ3) is 2.79. The number of rotatable bonds is 3. The molecule has 0 radical (unpaired) electrons. The number of likely N-dealkylation sites (tertiary alicyclic amines) is 1. The number of benzene rings is 1. The lowest BCUT2D eigenvalue weighted by atomic mass is 9.89. The summed E-state index contributed by atoms with van der Waals surface area (Å²) in [5.74, 6) is 2.28. The van der Waals surface area contributed by atoms with Gasteiger partial charge in [0.1, 0.15) is 5.82 Å². The van der Waals surface area contributed by atoms with Gasteiger partial charge in [-0.25, -0.2) is 4.98 Å². The SMILES string of the molecule is CCc1cnc(N)nc1N1C[C@@H]2CN(C(C)=O)[C@@H](c3ccccc3)[C@@H]2C1. The summed E-state index contributed by atoms with van der Waals surface area (Å²) < 4.78 is 0. The molecule has 2 N–H and O–H groups in total. The maximum atomic E-state index is 12.2. The van der Waals surface area contributed by atoms with E-state index in [0.29, 0.717) is 17.8 Å². The van der Waals surface area contributed by atoms with Gasteiger partial charge in [-0.2, -0.15) is 4.98 Å². The highest BCUT2D eigenvalue weighted by Crippen LogP contribution is 2.46. The molecule has 6 heteroatoms. The van der Waals surface area contributed by atoms with Crippen molar-refractivity contribution in [2.45, 2.75) is 26.3 Å². The minimum absolute atomic E-state index is 0.132. The average molecular weight is 351 g/mol. The molecule has 1 aromatic carbocycles. The molecule has 2 aliphatic rings. The molecule has 0 aliphatic carbocycles. The van der Waals surface area contributed by atoms with Crippen molar-refractivity contribution in [2.24, 2.45) is 11.8 Å². The van der Waals surface area contributed by atoms with E-state index in [9.17, 15) is 4.79 Å². The molecule has 1 aromatic heterocycles. The molecule has 0 saturated carbocycles. The number of hydrogen-bond acceptors (Lipinski definition) is 5. The molecule has 0 bridgehead atoms. The lowest BCUT2D eigenvalue weighted by molar-refractivity contribution is -0.130. The fourth-order valence-corrected chi connectivity index (χ4v) is 4.55. The first-order chi connectivity index (χ1) is 12.6. The van der Waals surface area contributed by atoms with Gasteiger partial charge >= 0.3 is 0 Å². The van der Waals surface area contributed by atoms with Crippen LogP contribution in [0.25, 0.3) is 0 Å². The summed E-state index contributed by atoms with van der Waals surface area (Å²) >= 11 is 0. The lowest BCUT2D eigenvalue weighted by Crippen LogP contribution is -2.34. The van der Waals surface area contributed by atoms with Gasteiger partial charge in [0, 0.05) is 50.2 Å². The molecule has 0 spiro atoms. The van der Waals surface area contributed by atoms with Crippen LogP contribution in [0.2, 0.25) is 0 Å². The van der Waals surface area contributed by atoms with Crippen molar-refractivity contribution >= 4 is 17.7 Å². The highest BCUT2D eigenvalue weighted by atomic mass is 16.2. The second kappa shape index (κ2) is 6.59. The Labute approximate surface area is 154 Å². The number of aromatic nitrogens is 2. The lowest BCUT2D eigenvalue weighted by Gasteiger charge is -2.30. The van der Waals surface area contributed by atoms with Crippen LogP contribution in [0.15, 0.2) is 36.5 Å². The van der Waals surface area contributed by atoms with E-state index in [2.05, 4.69) is 33.9 Å². The first kappa shape index (κ1) is 16.8. The van der Waals surface area contributed by atoms with E-state index in [4.69, 9.17) is 5.73 Å². The van der Waals surface area contributed by atoms with Crippen molar-refractivity contribution in [2.75, 3.05) is 30.3 Å². The van der Waals surface area contributed by atoms with Gasteiger partial charge in [0.25, 0.3) is 0 Å². The van der Waals surface area contributed by atoms with Crippen LogP contribution in [0.3, 0.4) is 0 Å². The average Bonchev–Trinajstić information content (AvgIpc) is 3.20. The maximum Gasteiger partial charge on any atom is 0.221 e. The summed E-state index contributed by atoms with van der Waals surface area (Å²) in [6, 6.07) is 10.5. The van der Waals surface area contributed by atoms with E-state index in [-0.39, 0.29) is 11.9 Å². The zero-order chi connectivity index (χ0) is 18.3. The van der Waals surface area contributed by atoms with E-state index in [1.54, 1.807) is 6.92 Å². The number of carbonyl (C=O) groups is 1. The number of nitrogen functional groups attached to an aromatic ring is 1. The topological polar surface area (TPSA) is 75.3 Å². The molecule has 2 fully saturated rings. The maximum absolute atomic E-state index is 12.2. The van der Waals surface area contributed by atoms with Crippen molar-refractivity contribution < 1.29 is 4.79 Å². The predicted molar refractivity (Wildman–Crippen MR) is 102 cm³/mol. The molecule has 0 unspecified atom stereocenters. The van der Waals surface area contributed by atoms with Crippen molar-refractivity contribution in [3.05, 3.63) is 47.7 Å². The van der Waals surface area contributed by atoms with Gasteiger partial charge in [0.05, 0.1) is 6.04 Å². The standard InChI is InChI=1S/C20H25N5O/c1-3-14-9-22-20(21)23-19(14)24-10-16-11-25(13(2)26)18(17(16)12-24)15-7-5-4-6-8-15/h4-9,16-18H,3,10-12H2,1-2H3,(H2,21,22,23)/t16-,17-,18+/m1/s1. The van der Waals surface area contributed by atoms with Crippen molar-refractivity contribution in [3.63, 3.8) is 0 Å². The van der Waals surface area contributed by atoms with Gasteiger partial charge < -0.3 is 15.5 Å². The molecule has 2 saturated heterocycles. The minimum Gasteiger partial charge on any atom is -0.368 e. The summed E-state index contributed by atoms with van der Waals surface area (Å²) in [7, 11) is 0. The second-order valence-electron chi connectivity index (χ2n) is 7.29. The molecule has 6 nitrogen and oxygen atoms in total. The van der Waals surface area contributed by atoms with Crippen LogP contribution in [0.5, 0.6) is 0 Å². The Morgan fingerprint density at radius 1 is 1.23 bits per heavy atom. The number of aryl methyl sites for hydroxylation is 1. The number of fused-ring (bicyclic) bond motifs is 1. The van der Waals surface area contributed by atoms with Crippen molar-refractivity contribution in [1.82, 2.24) is 14.9 Å². The van der Waals surface area contributed by atoms with Crippen LogP contribution in [0.1, 0.15) is 31.0 Å². The number of amides is 1. The van der Waals surface area contributed by atoms with Gasteiger partial charge in [-0.15, -0.1) is 0 Å². The Morgan fingerprint density at radius 3 is 2.69 bits per heavy atom. The Hall–Kier alpha value is -2.63. The van der Waals surface area contributed by atoms with E-state index in [1.807, 2.05) is 29.3 Å². The van der Waals surface area contributed by atoms with Gasteiger partial charge in [0.2, 0.25) is 11.9 Å². The Bertz CT molecular complexity index is 809. The molecule has 2 aromatic rings. The Morgan fingerprint density at radius 2 is 2.00 bits per heavy atom. The Balaban J connectivity index is 1.65. The monoisotopic (exact) mass is 351 g/mol. The van der Waals surface area contributed by atoms with Gasteiger partial charge in [-0.3, -0.25) is 4.79 Å². The molecular formula is C20H25N5O. The van der Waals surface area contributed by atoms with Gasteiger partial charge in [-0.1, -0.05) is 37.3 Å². The van der Waals surface area contributed by atoms with E-state index < -0.39 is 0 Å². The quantitative estimate of drug-likeness (QED) is 0.918.